The number of ether oxygens (including phenoxy) is 2. The van der Waals surface area contributed by atoms with Crippen LogP contribution in [0.25, 0.3) is 11.3 Å². The van der Waals surface area contributed by atoms with E-state index in [1.165, 1.54) is 0 Å². The molecule has 6 nitrogen and oxygen atoms in total. The average molecular weight is 304 g/mol. The molecule has 0 spiro atoms. The first-order valence-electron chi connectivity index (χ1n) is 6.54. The van der Waals surface area contributed by atoms with Gasteiger partial charge < -0.3 is 20.5 Å². The Labute approximate surface area is 127 Å². The Morgan fingerprint density at radius 2 is 2.00 bits per heavy atom. The monoisotopic (exact) mass is 304 g/mol. The molecule has 0 fully saturated rings. The van der Waals surface area contributed by atoms with Crippen LogP contribution in [-0.4, -0.2) is 35.7 Å². The highest BCUT2D eigenvalue weighted by Crippen LogP contribution is 2.42. The maximum atomic E-state index is 5.75. The van der Waals surface area contributed by atoms with E-state index < -0.39 is 0 Å². The fourth-order valence-corrected chi connectivity index (χ4v) is 2.75. The average Bonchev–Trinajstić information content (AvgIpc) is 3.08. The van der Waals surface area contributed by atoms with Crippen molar-refractivity contribution in [1.82, 2.24) is 9.78 Å². The van der Waals surface area contributed by atoms with Gasteiger partial charge in [0.05, 0.1) is 19.8 Å². The highest BCUT2D eigenvalue weighted by Gasteiger charge is 2.27. The van der Waals surface area contributed by atoms with Gasteiger partial charge in [0.25, 0.3) is 0 Å². The van der Waals surface area contributed by atoms with Crippen molar-refractivity contribution in [1.29, 1.82) is 0 Å². The number of nitrogens with zero attached hydrogens (tertiary/aromatic N) is 2. The van der Waals surface area contributed by atoms with Gasteiger partial charge in [0, 0.05) is 12.1 Å². The summed E-state index contributed by atoms with van der Waals surface area (Å²) in [7, 11) is 3.25. The van der Waals surface area contributed by atoms with E-state index in [2.05, 4.69) is 10.4 Å². The number of hydrogen-bond donors (Lipinski definition) is 2. The zero-order chi connectivity index (χ0) is 15.0. The first-order valence-corrected chi connectivity index (χ1v) is 6.95. The molecule has 0 aliphatic carbocycles. The van der Waals surface area contributed by atoms with Gasteiger partial charge in [0.2, 0.25) is 0 Å². The van der Waals surface area contributed by atoms with Gasteiger partial charge >= 0.3 is 0 Å². The molecule has 0 saturated carbocycles. The first-order chi connectivity index (χ1) is 10.2. The largest absolute Gasteiger partial charge is 0.496 e. The van der Waals surface area contributed by atoms with E-state index in [1.807, 2.05) is 18.2 Å². The number of nitrogens with two attached hydrogens (primary N) is 1. The molecule has 110 valence electrons. The Kier molecular flexibility index (Phi) is 3.42. The molecule has 0 unspecified atom stereocenters. The number of aromatic nitrogens is 2. The van der Waals surface area contributed by atoms with Crippen LogP contribution < -0.4 is 20.5 Å². The number of nitrogens with one attached hydrogen (secondary N) is 1. The lowest BCUT2D eigenvalue weighted by Crippen LogP contribution is -2.22. The van der Waals surface area contributed by atoms with E-state index in [9.17, 15) is 0 Å². The van der Waals surface area contributed by atoms with E-state index in [0.717, 1.165) is 35.6 Å². The van der Waals surface area contributed by atoms with E-state index in [1.54, 1.807) is 18.9 Å². The SMILES string of the molecule is COc1cccc(OC)c1-c1nn(C(N)=S)c2c1CCN2. The number of fused-ring (bicyclic) bond motifs is 1. The molecule has 1 aliphatic heterocycles. The molecule has 2 heterocycles. The lowest BCUT2D eigenvalue weighted by molar-refractivity contribution is 0.397. The minimum Gasteiger partial charge on any atom is -0.496 e. The van der Waals surface area contributed by atoms with E-state index in [4.69, 9.17) is 27.4 Å². The van der Waals surface area contributed by atoms with Crippen molar-refractivity contribution in [2.24, 2.45) is 5.73 Å². The van der Waals surface area contributed by atoms with E-state index in [-0.39, 0.29) is 5.11 Å². The Balaban J connectivity index is 2.27. The zero-order valence-corrected chi connectivity index (χ0v) is 12.7. The summed E-state index contributed by atoms with van der Waals surface area (Å²) in [5, 5.41) is 8.02. The number of benzene rings is 1. The third kappa shape index (κ3) is 2.09. The number of thiocarbonyl (C=S) groups is 1. The van der Waals surface area contributed by atoms with Gasteiger partial charge in [-0.2, -0.15) is 9.78 Å². The predicted octanol–water partition coefficient (Wildman–Crippen LogP) is 1.63. The molecule has 3 rings (SSSR count). The molecule has 1 aliphatic rings. The van der Waals surface area contributed by atoms with Crippen molar-refractivity contribution in [2.45, 2.75) is 6.42 Å². The number of hydrogen-bond acceptors (Lipinski definition) is 5. The van der Waals surface area contributed by atoms with Crippen LogP contribution in [0.4, 0.5) is 5.82 Å². The van der Waals surface area contributed by atoms with E-state index >= 15 is 0 Å². The van der Waals surface area contributed by atoms with Crippen LogP contribution in [0.1, 0.15) is 5.56 Å². The lowest BCUT2D eigenvalue weighted by atomic mass is 10.0. The van der Waals surface area contributed by atoms with Crippen LogP contribution in [-0.2, 0) is 6.42 Å². The molecule has 0 amide bonds. The molecule has 1 aromatic heterocycles. The molecule has 7 heteroatoms. The third-order valence-electron chi connectivity index (χ3n) is 3.52. The minimum absolute atomic E-state index is 0.209. The Hall–Kier alpha value is -2.28. The van der Waals surface area contributed by atoms with Gasteiger partial charge in [-0.05, 0) is 30.8 Å². The summed E-state index contributed by atoms with van der Waals surface area (Å²) in [6, 6.07) is 5.64. The predicted molar refractivity (Wildman–Crippen MR) is 85.1 cm³/mol. The molecule has 0 radical (unpaired) electrons. The molecular weight excluding hydrogens is 288 g/mol. The standard InChI is InChI=1S/C14H16N4O2S/c1-19-9-4-3-5-10(20-2)11(9)12-8-6-7-16-13(8)18(17-12)14(15)21/h3-5,16H,6-7H2,1-2H3,(H2,15,21). The van der Waals surface area contributed by atoms with Crippen molar-refractivity contribution in [3.8, 4) is 22.8 Å². The van der Waals surface area contributed by atoms with Crippen LogP contribution in [0.15, 0.2) is 18.2 Å². The highest BCUT2D eigenvalue weighted by atomic mass is 32.1. The van der Waals surface area contributed by atoms with Crippen LogP contribution >= 0.6 is 12.2 Å². The van der Waals surface area contributed by atoms with Gasteiger partial charge in [-0.3, -0.25) is 0 Å². The molecule has 3 N–H and O–H groups in total. The van der Waals surface area contributed by atoms with Crippen molar-refractivity contribution in [3.63, 3.8) is 0 Å². The molecule has 1 aromatic carbocycles. The first kappa shape index (κ1) is 13.7. The van der Waals surface area contributed by atoms with Crippen molar-refractivity contribution < 1.29 is 9.47 Å². The minimum atomic E-state index is 0.209. The fourth-order valence-electron chi connectivity index (χ4n) is 2.62. The molecule has 2 aromatic rings. The molecular formula is C14H16N4O2S. The van der Waals surface area contributed by atoms with Gasteiger partial charge in [0.1, 0.15) is 23.0 Å². The van der Waals surface area contributed by atoms with Gasteiger partial charge in [-0.1, -0.05) is 6.07 Å². The summed E-state index contributed by atoms with van der Waals surface area (Å²) in [4.78, 5) is 0. The Bertz CT molecular complexity index is 689. The smallest absolute Gasteiger partial charge is 0.193 e. The second-order valence-corrected chi connectivity index (χ2v) is 5.06. The lowest BCUT2D eigenvalue weighted by Gasteiger charge is -2.12. The maximum absolute atomic E-state index is 5.75. The van der Waals surface area contributed by atoms with Crippen LogP contribution in [0.3, 0.4) is 0 Å². The summed E-state index contributed by atoms with van der Waals surface area (Å²) in [5.41, 5.74) is 8.43. The third-order valence-corrected chi connectivity index (χ3v) is 3.70. The second kappa shape index (κ2) is 5.25. The summed E-state index contributed by atoms with van der Waals surface area (Å²) in [6.07, 6.45) is 0.856. The molecule has 0 atom stereocenters. The number of methoxy groups -OCH3 is 2. The number of anilines is 1. The van der Waals surface area contributed by atoms with Crippen LogP contribution in [0.2, 0.25) is 0 Å². The van der Waals surface area contributed by atoms with E-state index in [0.29, 0.717) is 11.5 Å². The zero-order valence-electron chi connectivity index (χ0n) is 11.8. The number of rotatable bonds is 3. The Morgan fingerprint density at radius 3 is 2.57 bits per heavy atom. The highest BCUT2D eigenvalue weighted by molar-refractivity contribution is 7.80. The second-order valence-electron chi connectivity index (χ2n) is 4.64. The van der Waals surface area contributed by atoms with Crippen molar-refractivity contribution >= 4 is 23.1 Å². The van der Waals surface area contributed by atoms with Crippen molar-refractivity contribution in [2.75, 3.05) is 26.1 Å². The maximum Gasteiger partial charge on any atom is 0.193 e. The van der Waals surface area contributed by atoms with Crippen molar-refractivity contribution in [3.05, 3.63) is 23.8 Å². The normalized spacial score (nSPS) is 12.7. The van der Waals surface area contributed by atoms with Gasteiger partial charge in [-0.15, -0.1) is 0 Å². The van der Waals surface area contributed by atoms with Gasteiger partial charge in [0.15, 0.2) is 5.11 Å². The quantitative estimate of drug-likeness (QED) is 0.840. The summed E-state index contributed by atoms with van der Waals surface area (Å²) in [5.74, 6) is 2.26. The fraction of sp³-hybridized carbons (Fsp3) is 0.286. The summed E-state index contributed by atoms with van der Waals surface area (Å²) < 4.78 is 12.5. The molecule has 21 heavy (non-hydrogen) atoms. The summed E-state index contributed by atoms with van der Waals surface area (Å²) >= 11 is 5.06. The van der Waals surface area contributed by atoms with Crippen LogP contribution in [0, 0.1) is 0 Å². The topological polar surface area (TPSA) is 74.3 Å². The summed E-state index contributed by atoms with van der Waals surface area (Å²) in [6.45, 7) is 0.834. The van der Waals surface area contributed by atoms with Crippen LogP contribution in [0.5, 0.6) is 11.5 Å². The Morgan fingerprint density at radius 1 is 1.33 bits per heavy atom. The molecule has 0 saturated heterocycles. The molecule has 0 bridgehead atoms. The van der Waals surface area contributed by atoms with Gasteiger partial charge in [-0.25, -0.2) is 0 Å².